The zero-order chi connectivity index (χ0) is 13.7. The Hall–Kier alpha value is -1.65. The second-order valence-corrected chi connectivity index (χ2v) is 5.58. The standard InChI is InChI=1S/C15H17NO2S/c1-18-14-7-2-3-8-15(14)19(17)11-13-6-4-5-12(9-13)10-16/h2-9H,10-11,16H2,1H3. The number of rotatable bonds is 5. The van der Waals surface area contributed by atoms with Gasteiger partial charge in [-0.05, 0) is 23.3 Å². The van der Waals surface area contributed by atoms with Crippen molar-refractivity contribution in [3.63, 3.8) is 0 Å². The molecule has 2 aromatic carbocycles. The minimum atomic E-state index is -1.12. The molecule has 0 aliphatic heterocycles. The fourth-order valence-corrected chi connectivity index (χ4v) is 3.13. The van der Waals surface area contributed by atoms with E-state index in [1.54, 1.807) is 7.11 Å². The highest BCUT2D eigenvalue weighted by Gasteiger charge is 2.10. The largest absolute Gasteiger partial charge is 0.495 e. The number of ether oxygens (including phenoxy) is 1. The highest BCUT2D eigenvalue weighted by atomic mass is 32.2. The zero-order valence-corrected chi connectivity index (χ0v) is 11.7. The maximum absolute atomic E-state index is 12.4. The summed E-state index contributed by atoms with van der Waals surface area (Å²) in [6, 6.07) is 15.3. The molecule has 100 valence electrons. The van der Waals surface area contributed by atoms with Crippen molar-refractivity contribution in [1.29, 1.82) is 0 Å². The van der Waals surface area contributed by atoms with E-state index in [1.807, 2.05) is 48.5 Å². The Balaban J connectivity index is 2.20. The van der Waals surface area contributed by atoms with Crippen LogP contribution in [0.4, 0.5) is 0 Å². The van der Waals surface area contributed by atoms with Gasteiger partial charge in [0.15, 0.2) is 0 Å². The summed E-state index contributed by atoms with van der Waals surface area (Å²) in [6.07, 6.45) is 0. The molecule has 0 fully saturated rings. The van der Waals surface area contributed by atoms with Crippen molar-refractivity contribution in [1.82, 2.24) is 0 Å². The van der Waals surface area contributed by atoms with Gasteiger partial charge in [0.05, 0.1) is 28.6 Å². The molecule has 0 saturated heterocycles. The molecule has 2 N–H and O–H groups in total. The summed E-state index contributed by atoms with van der Waals surface area (Å²) in [5, 5.41) is 0. The van der Waals surface area contributed by atoms with Crippen molar-refractivity contribution < 1.29 is 8.95 Å². The molecular formula is C15H17NO2S. The van der Waals surface area contributed by atoms with Crippen LogP contribution in [0, 0.1) is 0 Å². The van der Waals surface area contributed by atoms with E-state index >= 15 is 0 Å². The average molecular weight is 275 g/mol. The van der Waals surface area contributed by atoms with Crippen molar-refractivity contribution in [2.75, 3.05) is 7.11 Å². The SMILES string of the molecule is COc1ccccc1S(=O)Cc1cccc(CN)c1. The first kappa shape index (κ1) is 13.8. The number of hydrogen-bond donors (Lipinski definition) is 1. The molecule has 0 radical (unpaired) electrons. The molecule has 2 aromatic rings. The molecule has 2 rings (SSSR count). The highest BCUT2D eigenvalue weighted by Crippen LogP contribution is 2.23. The van der Waals surface area contributed by atoms with E-state index in [2.05, 4.69) is 0 Å². The van der Waals surface area contributed by atoms with E-state index in [0.29, 0.717) is 18.0 Å². The predicted molar refractivity (Wildman–Crippen MR) is 77.4 cm³/mol. The molecule has 0 aliphatic rings. The van der Waals surface area contributed by atoms with E-state index in [4.69, 9.17) is 10.5 Å². The normalized spacial score (nSPS) is 12.1. The van der Waals surface area contributed by atoms with Crippen LogP contribution in [-0.4, -0.2) is 11.3 Å². The maximum Gasteiger partial charge on any atom is 0.134 e. The summed E-state index contributed by atoms with van der Waals surface area (Å²) in [7, 11) is 0.466. The molecule has 0 spiro atoms. The Labute approximate surface area is 115 Å². The zero-order valence-electron chi connectivity index (χ0n) is 10.8. The summed E-state index contributed by atoms with van der Waals surface area (Å²) in [6.45, 7) is 0.495. The van der Waals surface area contributed by atoms with Crippen molar-refractivity contribution in [3.8, 4) is 5.75 Å². The van der Waals surface area contributed by atoms with Gasteiger partial charge < -0.3 is 10.5 Å². The molecule has 0 aromatic heterocycles. The molecule has 0 heterocycles. The third-order valence-electron chi connectivity index (χ3n) is 2.84. The number of benzene rings is 2. The lowest BCUT2D eigenvalue weighted by Crippen LogP contribution is -2.01. The van der Waals surface area contributed by atoms with E-state index < -0.39 is 10.8 Å². The molecule has 1 atom stereocenters. The molecule has 0 aliphatic carbocycles. The van der Waals surface area contributed by atoms with Crippen molar-refractivity contribution in [2.45, 2.75) is 17.2 Å². The minimum absolute atomic E-state index is 0.466. The molecule has 3 nitrogen and oxygen atoms in total. The third-order valence-corrected chi connectivity index (χ3v) is 4.26. The van der Waals surface area contributed by atoms with Crippen LogP contribution in [0.25, 0.3) is 0 Å². The Kier molecular flexibility index (Phi) is 4.71. The van der Waals surface area contributed by atoms with Gasteiger partial charge in [-0.1, -0.05) is 36.4 Å². The molecule has 19 heavy (non-hydrogen) atoms. The van der Waals surface area contributed by atoms with E-state index in [1.165, 1.54) is 0 Å². The number of hydrogen-bond acceptors (Lipinski definition) is 3. The lowest BCUT2D eigenvalue weighted by atomic mass is 10.1. The first-order chi connectivity index (χ1) is 9.24. The molecular weight excluding hydrogens is 258 g/mol. The third kappa shape index (κ3) is 3.43. The second kappa shape index (κ2) is 6.50. The van der Waals surface area contributed by atoms with Gasteiger partial charge in [-0.15, -0.1) is 0 Å². The van der Waals surface area contributed by atoms with Crippen molar-refractivity contribution >= 4 is 10.8 Å². The summed E-state index contributed by atoms with van der Waals surface area (Å²) < 4.78 is 17.6. The molecule has 0 saturated carbocycles. The summed E-state index contributed by atoms with van der Waals surface area (Å²) in [5.41, 5.74) is 7.68. The fraction of sp³-hybridized carbons (Fsp3) is 0.200. The summed E-state index contributed by atoms with van der Waals surface area (Å²) in [4.78, 5) is 0.725. The highest BCUT2D eigenvalue weighted by molar-refractivity contribution is 7.84. The Morgan fingerprint density at radius 3 is 2.58 bits per heavy atom. The van der Waals surface area contributed by atoms with Crippen LogP contribution in [0.5, 0.6) is 5.75 Å². The topological polar surface area (TPSA) is 52.3 Å². The summed E-state index contributed by atoms with van der Waals surface area (Å²) >= 11 is 0. The Morgan fingerprint density at radius 2 is 1.84 bits per heavy atom. The first-order valence-corrected chi connectivity index (χ1v) is 7.35. The van der Waals surface area contributed by atoms with Gasteiger partial charge >= 0.3 is 0 Å². The van der Waals surface area contributed by atoms with Crippen molar-refractivity contribution in [2.24, 2.45) is 5.73 Å². The molecule has 0 bridgehead atoms. The number of methoxy groups -OCH3 is 1. The fourth-order valence-electron chi connectivity index (χ4n) is 1.88. The second-order valence-electron chi connectivity index (χ2n) is 4.16. The van der Waals surface area contributed by atoms with Gasteiger partial charge in [-0.25, -0.2) is 0 Å². The van der Waals surface area contributed by atoms with Crippen LogP contribution in [-0.2, 0) is 23.1 Å². The van der Waals surface area contributed by atoms with Gasteiger partial charge in [0.2, 0.25) is 0 Å². The van der Waals surface area contributed by atoms with Crippen LogP contribution in [0.1, 0.15) is 11.1 Å². The number of nitrogens with two attached hydrogens (primary N) is 1. The average Bonchev–Trinajstić information content (AvgIpc) is 2.47. The van der Waals surface area contributed by atoms with Crippen LogP contribution in [0.2, 0.25) is 0 Å². The smallest absolute Gasteiger partial charge is 0.134 e. The first-order valence-electron chi connectivity index (χ1n) is 6.04. The maximum atomic E-state index is 12.4. The summed E-state index contributed by atoms with van der Waals surface area (Å²) in [5.74, 6) is 1.13. The van der Waals surface area contributed by atoms with Crippen LogP contribution in [0.15, 0.2) is 53.4 Å². The molecule has 4 heteroatoms. The predicted octanol–water partition coefficient (Wildman–Crippen LogP) is 2.46. The van der Waals surface area contributed by atoms with Gasteiger partial charge in [-0.3, -0.25) is 4.21 Å². The Morgan fingerprint density at radius 1 is 1.11 bits per heavy atom. The van der Waals surface area contributed by atoms with Crippen LogP contribution >= 0.6 is 0 Å². The van der Waals surface area contributed by atoms with Gasteiger partial charge in [0.25, 0.3) is 0 Å². The van der Waals surface area contributed by atoms with E-state index in [9.17, 15) is 4.21 Å². The Bertz CT molecular complexity index is 584. The lowest BCUT2D eigenvalue weighted by Gasteiger charge is -2.08. The monoisotopic (exact) mass is 275 g/mol. The van der Waals surface area contributed by atoms with Crippen LogP contribution in [0.3, 0.4) is 0 Å². The minimum Gasteiger partial charge on any atom is -0.495 e. The van der Waals surface area contributed by atoms with Gasteiger partial charge in [0.1, 0.15) is 5.75 Å². The molecule has 0 amide bonds. The van der Waals surface area contributed by atoms with Crippen LogP contribution < -0.4 is 10.5 Å². The van der Waals surface area contributed by atoms with E-state index in [-0.39, 0.29) is 0 Å². The lowest BCUT2D eigenvalue weighted by molar-refractivity contribution is 0.404. The van der Waals surface area contributed by atoms with Gasteiger partial charge in [0, 0.05) is 6.54 Å². The molecule has 1 unspecified atom stereocenters. The van der Waals surface area contributed by atoms with E-state index in [0.717, 1.165) is 16.0 Å². The van der Waals surface area contributed by atoms with Crippen molar-refractivity contribution in [3.05, 3.63) is 59.7 Å². The quantitative estimate of drug-likeness (QED) is 0.912. The van der Waals surface area contributed by atoms with Gasteiger partial charge in [-0.2, -0.15) is 0 Å². The number of para-hydroxylation sites is 1.